The number of carbonyl (C=O) groups is 2. The van der Waals surface area contributed by atoms with Crippen LogP contribution < -0.4 is 4.90 Å². The highest BCUT2D eigenvalue weighted by Gasteiger charge is 2.51. The first-order valence-electron chi connectivity index (χ1n) is 14.0. The maximum Gasteiger partial charge on any atom is 0.272 e. The zero-order valence-corrected chi connectivity index (χ0v) is 23.2. The summed E-state index contributed by atoms with van der Waals surface area (Å²) in [4.78, 5) is 41.4. The second-order valence-corrected chi connectivity index (χ2v) is 11.4. The first kappa shape index (κ1) is 26.9. The van der Waals surface area contributed by atoms with Crippen LogP contribution >= 0.6 is 11.6 Å². The van der Waals surface area contributed by atoms with Crippen LogP contribution in [0.25, 0.3) is 11.1 Å². The van der Waals surface area contributed by atoms with E-state index in [0.717, 1.165) is 69.2 Å². The van der Waals surface area contributed by atoms with Crippen molar-refractivity contribution in [2.45, 2.75) is 70.9 Å². The summed E-state index contributed by atoms with van der Waals surface area (Å²) in [6, 6.07) is 5.77. The molecule has 3 fully saturated rings. The molecule has 2 aromatic heterocycles. The standard InChI is InChI=1S/C29H38ClN5O3/c1-3-33(4-2)27(37)25-11-6-20(17-31-25)21-16-24(30)26(32-18-21)34-14-5-12-29(19-34)13-15-35(28(29)38)22-7-9-23(36)10-8-22/h6,11,16-18,22-23,36H,3-5,7-10,12-15,19H2,1-2H3/t22-,23+,29?. The van der Waals surface area contributed by atoms with Gasteiger partial charge in [0.2, 0.25) is 5.91 Å². The van der Waals surface area contributed by atoms with Crippen LogP contribution in [0.4, 0.5) is 5.82 Å². The molecule has 2 saturated heterocycles. The van der Waals surface area contributed by atoms with Crippen molar-refractivity contribution in [1.82, 2.24) is 19.8 Å². The Morgan fingerprint density at radius 2 is 1.82 bits per heavy atom. The molecule has 1 atom stereocenters. The minimum absolute atomic E-state index is 0.0758. The summed E-state index contributed by atoms with van der Waals surface area (Å²) in [5.74, 6) is 0.901. The fraction of sp³-hybridized carbons (Fsp3) is 0.586. The third-order valence-corrected chi connectivity index (χ3v) is 9.00. The lowest BCUT2D eigenvalue weighted by Crippen LogP contribution is -2.50. The fourth-order valence-corrected chi connectivity index (χ4v) is 6.73. The highest BCUT2D eigenvalue weighted by atomic mass is 35.5. The smallest absolute Gasteiger partial charge is 0.272 e. The fourth-order valence-electron chi connectivity index (χ4n) is 6.44. The lowest BCUT2D eigenvalue weighted by molar-refractivity contribution is -0.139. The van der Waals surface area contributed by atoms with Crippen molar-refractivity contribution in [3.8, 4) is 11.1 Å². The van der Waals surface area contributed by atoms with Crippen LogP contribution in [-0.2, 0) is 4.79 Å². The molecule has 8 nitrogen and oxygen atoms in total. The lowest BCUT2D eigenvalue weighted by atomic mass is 9.78. The molecule has 3 aliphatic rings. The van der Waals surface area contributed by atoms with Crippen LogP contribution in [0.1, 0.15) is 69.3 Å². The predicted octanol–water partition coefficient (Wildman–Crippen LogP) is 4.40. The van der Waals surface area contributed by atoms with Gasteiger partial charge in [0.05, 0.1) is 16.5 Å². The number of carbonyl (C=O) groups excluding carboxylic acids is 2. The molecule has 0 aromatic carbocycles. The summed E-state index contributed by atoms with van der Waals surface area (Å²) < 4.78 is 0. The van der Waals surface area contributed by atoms with E-state index < -0.39 is 0 Å². The van der Waals surface area contributed by atoms with E-state index in [1.807, 2.05) is 26.0 Å². The molecule has 38 heavy (non-hydrogen) atoms. The Morgan fingerprint density at radius 3 is 2.47 bits per heavy atom. The van der Waals surface area contributed by atoms with E-state index in [1.165, 1.54) is 0 Å². The number of rotatable bonds is 6. The van der Waals surface area contributed by atoms with Gasteiger partial charge in [-0.15, -0.1) is 0 Å². The van der Waals surface area contributed by atoms with Crippen LogP contribution in [0.15, 0.2) is 30.6 Å². The molecule has 204 valence electrons. The number of hydrogen-bond acceptors (Lipinski definition) is 6. The topological polar surface area (TPSA) is 89.9 Å². The van der Waals surface area contributed by atoms with E-state index in [4.69, 9.17) is 16.6 Å². The van der Waals surface area contributed by atoms with Crippen molar-refractivity contribution in [1.29, 1.82) is 0 Å². The highest BCUT2D eigenvalue weighted by molar-refractivity contribution is 6.33. The van der Waals surface area contributed by atoms with Crippen molar-refractivity contribution in [2.24, 2.45) is 5.41 Å². The molecule has 2 aromatic rings. The van der Waals surface area contributed by atoms with Gasteiger partial charge in [-0.3, -0.25) is 14.6 Å². The van der Waals surface area contributed by atoms with Gasteiger partial charge in [0, 0.05) is 62.3 Å². The molecule has 4 heterocycles. The Hall–Kier alpha value is -2.71. The number of hydrogen-bond donors (Lipinski definition) is 1. The van der Waals surface area contributed by atoms with Gasteiger partial charge in [-0.25, -0.2) is 4.98 Å². The van der Waals surface area contributed by atoms with Gasteiger partial charge in [0.15, 0.2) is 0 Å². The summed E-state index contributed by atoms with van der Waals surface area (Å²) >= 11 is 6.76. The second-order valence-electron chi connectivity index (χ2n) is 11.0. The normalized spacial score (nSPS) is 25.7. The molecule has 1 aliphatic carbocycles. The number of aromatic nitrogens is 2. The molecule has 0 radical (unpaired) electrons. The Balaban J connectivity index is 1.29. The van der Waals surface area contributed by atoms with E-state index in [1.54, 1.807) is 23.4 Å². The molecule has 2 amide bonds. The van der Waals surface area contributed by atoms with E-state index in [9.17, 15) is 14.7 Å². The molecule has 1 N–H and O–H groups in total. The van der Waals surface area contributed by atoms with Gasteiger partial charge in [-0.1, -0.05) is 17.7 Å². The van der Waals surface area contributed by atoms with Crippen LogP contribution in [-0.4, -0.2) is 81.6 Å². The quantitative estimate of drug-likeness (QED) is 0.585. The number of aliphatic hydroxyl groups excluding tert-OH is 1. The zero-order chi connectivity index (χ0) is 26.9. The number of halogens is 1. The van der Waals surface area contributed by atoms with Gasteiger partial charge in [0.1, 0.15) is 11.5 Å². The Labute approximate surface area is 230 Å². The van der Waals surface area contributed by atoms with Crippen LogP contribution in [0.3, 0.4) is 0 Å². The molecule has 5 rings (SSSR count). The van der Waals surface area contributed by atoms with Crippen molar-refractivity contribution >= 4 is 29.2 Å². The maximum absolute atomic E-state index is 13.7. The number of piperidine rings is 1. The number of pyridine rings is 2. The predicted molar refractivity (Wildman–Crippen MR) is 148 cm³/mol. The van der Waals surface area contributed by atoms with Crippen molar-refractivity contribution in [3.05, 3.63) is 41.3 Å². The van der Waals surface area contributed by atoms with Gasteiger partial charge < -0.3 is 19.8 Å². The van der Waals surface area contributed by atoms with Crippen LogP contribution in [0, 0.1) is 5.41 Å². The number of likely N-dealkylation sites (tertiary alicyclic amines) is 1. The number of nitrogens with zero attached hydrogens (tertiary/aromatic N) is 5. The lowest BCUT2D eigenvalue weighted by Gasteiger charge is -2.41. The summed E-state index contributed by atoms with van der Waals surface area (Å²) in [5, 5.41) is 10.4. The van der Waals surface area contributed by atoms with E-state index in [2.05, 4.69) is 14.8 Å². The third kappa shape index (κ3) is 5.13. The molecule has 1 unspecified atom stereocenters. The molecule has 2 aliphatic heterocycles. The summed E-state index contributed by atoms with van der Waals surface area (Å²) in [7, 11) is 0. The number of amides is 2. The number of aliphatic hydroxyl groups is 1. The summed E-state index contributed by atoms with van der Waals surface area (Å²) in [6.45, 7) is 7.45. The molecule has 9 heteroatoms. The van der Waals surface area contributed by atoms with E-state index in [0.29, 0.717) is 36.2 Å². The Kier molecular flexibility index (Phi) is 7.91. The van der Waals surface area contributed by atoms with Crippen molar-refractivity contribution in [3.63, 3.8) is 0 Å². The van der Waals surface area contributed by atoms with Gasteiger partial charge in [-0.2, -0.15) is 0 Å². The summed E-state index contributed by atoms with van der Waals surface area (Å²) in [6.07, 6.45) is 9.29. The van der Waals surface area contributed by atoms with Gasteiger partial charge >= 0.3 is 0 Å². The Morgan fingerprint density at radius 1 is 1.08 bits per heavy atom. The van der Waals surface area contributed by atoms with E-state index in [-0.39, 0.29) is 29.4 Å². The summed E-state index contributed by atoms with van der Waals surface area (Å²) in [5.41, 5.74) is 1.72. The van der Waals surface area contributed by atoms with Crippen molar-refractivity contribution in [2.75, 3.05) is 37.6 Å². The maximum atomic E-state index is 13.7. The van der Waals surface area contributed by atoms with Gasteiger partial charge in [0.25, 0.3) is 5.91 Å². The average Bonchev–Trinajstić information content (AvgIpc) is 3.24. The molecule has 1 saturated carbocycles. The highest BCUT2D eigenvalue weighted by Crippen LogP contribution is 2.44. The second kappa shape index (κ2) is 11.2. The largest absolute Gasteiger partial charge is 0.393 e. The van der Waals surface area contributed by atoms with E-state index >= 15 is 0 Å². The molecule has 0 bridgehead atoms. The average molecular weight is 540 g/mol. The third-order valence-electron chi connectivity index (χ3n) is 8.72. The molecule has 1 spiro atoms. The molecular formula is C29H38ClN5O3. The first-order chi connectivity index (χ1) is 18.3. The zero-order valence-electron chi connectivity index (χ0n) is 22.4. The minimum Gasteiger partial charge on any atom is -0.393 e. The van der Waals surface area contributed by atoms with Crippen LogP contribution in [0.5, 0.6) is 0 Å². The Bertz CT molecular complexity index is 1160. The van der Waals surface area contributed by atoms with Crippen molar-refractivity contribution < 1.29 is 14.7 Å². The first-order valence-corrected chi connectivity index (χ1v) is 14.4. The van der Waals surface area contributed by atoms with Gasteiger partial charge in [-0.05, 0) is 70.9 Å². The molecular weight excluding hydrogens is 502 g/mol. The van der Waals surface area contributed by atoms with Crippen LogP contribution in [0.2, 0.25) is 5.02 Å². The monoisotopic (exact) mass is 539 g/mol. The number of anilines is 1. The SMILES string of the molecule is CCN(CC)C(=O)c1ccc(-c2cnc(N3CCCC4(CCN([C@H]5CC[C@@H](O)CC5)C4=O)C3)c(Cl)c2)cn1. The minimum atomic E-state index is -0.380.